The van der Waals surface area contributed by atoms with Crippen LogP contribution in [0.3, 0.4) is 0 Å². The van der Waals surface area contributed by atoms with Crippen LogP contribution >= 0.6 is 0 Å². The van der Waals surface area contributed by atoms with E-state index in [-0.39, 0.29) is 0 Å². The molecule has 0 aliphatic carbocycles. The van der Waals surface area contributed by atoms with E-state index in [1.165, 1.54) is 11.1 Å². The lowest BCUT2D eigenvalue weighted by Crippen LogP contribution is -2.28. The van der Waals surface area contributed by atoms with Crippen LogP contribution in [-0.4, -0.2) is 38.3 Å². The predicted octanol–water partition coefficient (Wildman–Crippen LogP) is 1.97. The minimum absolute atomic E-state index is 0.754. The third-order valence-electron chi connectivity index (χ3n) is 2.88. The van der Waals surface area contributed by atoms with E-state index in [0.29, 0.717) is 0 Å². The molecule has 0 bridgehead atoms. The molecule has 0 fully saturated rings. The van der Waals surface area contributed by atoms with Crippen LogP contribution in [0.15, 0.2) is 12.3 Å². The average molecular weight is 251 g/mol. The van der Waals surface area contributed by atoms with Gasteiger partial charge in [-0.2, -0.15) is 0 Å². The molecule has 0 unspecified atom stereocenters. The SMILES string of the molecule is CCOCCN(CC)c1ncc(CNC)cc1C. The van der Waals surface area contributed by atoms with Gasteiger partial charge in [0, 0.05) is 32.4 Å². The summed E-state index contributed by atoms with van der Waals surface area (Å²) >= 11 is 0. The first-order valence-corrected chi connectivity index (χ1v) is 6.65. The lowest BCUT2D eigenvalue weighted by atomic mass is 10.2. The summed E-state index contributed by atoms with van der Waals surface area (Å²) in [5, 5.41) is 3.14. The number of nitrogens with zero attached hydrogens (tertiary/aromatic N) is 2. The van der Waals surface area contributed by atoms with Gasteiger partial charge in [0.2, 0.25) is 0 Å². The van der Waals surface area contributed by atoms with E-state index in [4.69, 9.17) is 4.74 Å². The Kier molecular flexibility index (Phi) is 6.68. The first-order valence-electron chi connectivity index (χ1n) is 6.65. The number of likely N-dealkylation sites (N-methyl/N-ethyl adjacent to an activating group) is 1. The van der Waals surface area contributed by atoms with Gasteiger partial charge in [0.25, 0.3) is 0 Å². The standard InChI is InChI=1S/C14H25N3O/c1-5-17(7-8-18-6-2)14-12(3)9-13(10-15-4)11-16-14/h9,11,15H,5-8,10H2,1-4H3. The lowest BCUT2D eigenvalue weighted by molar-refractivity contribution is 0.154. The van der Waals surface area contributed by atoms with Crippen LogP contribution in [0.4, 0.5) is 5.82 Å². The van der Waals surface area contributed by atoms with Crippen LogP contribution in [0, 0.1) is 6.92 Å². The molecule has 0 aromatic carbocycles. The van der Waals surface area contributed by atoms with Gasteiger partial charge in [-0.25, -0.2) is 4.98 Å². The Balaban J connectivity index is 2.73. The summed E-state index contributed by atoms with van der Waals surface area (Å²) in [6, 6.07) is 2.20. The van der Waals surface area contributed by atoms with Gasteiger partial charge in [-0.3, -0.25) is 0 Å². The minimum atomic E-state index is 0.754. The van der Waals surface area contributed by atoms with Gasteiger partial charge in [-0.1, -0.05) is 0 Å². The van der Waals surface area contributed by atoms with E-state index in [0.717, 1.165) is 38.7 Å². The van der Waals surface area contributed by atoms with Crippen molar-refractivity contribution in [2.45, 2.75) is 27.3 Å². The molecule has 0 aliphatic heterocycles. The summed E-state index contributed by atoms with van der Waals surface area (Å²) in [6.07, 6.45) is 1.95. The summed E-state index contributed by atoms with van der Waals surface area (Å²) in [5.74, 6) is 1.07. The molecular weight excluding hydrogens is 226 g/mol. The van der Waals surface area contributed by atoms with Gasteiger partial charge in [0.05, 0.1) is 6.61 Å². The summed E-state index contributed by atoms with van der Waals surface area (Å²) in [4.78, 5) is 6.84. The quantitative estimate of drug-likeness (QED) is 0.717. The summed E-state index contributed by atoms with van der Waals surface area (Å²) in [6.45, 7) is 10.5. The normalized spacial score (nSPS) is 10.7. The largest absolute Gasteiger partial charge is 0.380 e. The molecule has 1 rings (SSSR count). The van der Waals surface area contributed by atoms with Gasteiger partial charge < -0.3 is 15.0 Å². The number of aromatic nitrogens is 1. The third-order valence-corrected chi connectivity index (χ3v) is 2.88. The van der Waals surface area contributed by atoms with Gasteiger partial charge >= 0.3 is 0 Å². The van der Waals surface area contributed by atoms with Crippen molar-refractivity contribution in [1.29, 1.82) is 0 Å². The maximum absolute atomic E-state index is 5.41. The highest BCUT2D eigenvalue weighted by Gasteiger charge is 2.09. The van der Waals surface area contributed by atoms with Crippen LogP contribution in [-0.2, 0) is 11.3 Å². The zero-order valence-electron chi connectivity index (χ0n) is 12.0. The van der Waals surface area contributed by atoms with Crippen molar-refractivity contribution in [2.75, 3.05) is 38.3 Å². The van der Waals surface area contributed by atoms with Crippen molar-refractivity contribution in [3.8, 4) is 0 Å². The Hall–Kier alpha value is -1.13. The fraction of sp³-hybridized carbons (Fsp3) is 0.643. The Morgan fingerprint density at radius 2 is 2.17 bits per heavy atom. The van der Waals surface area contributed by atoms with Crippen molar-refractivity contribution in [3.63, 3.8) is 0 Å². The van der Waals surface area contributed by atoms with Gasteiger partial charge in [0.15, 0.2) is 0 Å². The molecule has 1 aromatic rings. The average Bonchev–Trinajstić information content (AvgIpc) is 2.36. The molecule has 0 saturated heterocycles. The molecular formula is C14H25N3O. The maximum Gasteiger partial charge on any atom is 0.131 e. The first kappa shape index (κ1) is 14.9. The van der Waals surface area contributed by atoms with Crippen molar-refractivity contribution >= 4 is 5.82 Å². The van der Waals surface area contributed by atoms with Crippen molar-refractivity contribution in [1.82, 2.24) is 10.3 Å². The van der Waals surface area contributed by atoms with Crippen LogP contribution in [0.1, 0.15) is 25.0 Å². The minimum Gasteiger partial charge on any atom is -0.380 e. The van der Waals surface area contributed by atoms with Crippen molar-refractivity contribution in [2.24, 2.45) is 0 Å². The topological polar surface area (TPSA) is 37.4 Å². The molecule has 4 nitrogen and oxygen atoms in total. The first-order chi connectivity index (χ1) is 8.72. The molecule has 1 heterocycles. The van der Waals surface area contributed by atoms with Crippen LogP contribution < -0.4 is 10.2 Å². The van der Waals surface area contributed by atoms with Gasteiger partial charge in [0.1, 0.15) is 5.82 Å². The molecule has 0 amide bonds. The molecule has 0 radical (unpaired) electrons. The highest BCUT2D eigenvalue weighted by atomic mass is 16.5. The van der Waals surface area contributed by atoms with Crippen LogP contribution in [0.25, 0.3) is 0 Å². The molecule has 0 saturated carbocycles. The Morgan fingerprint density at radius 3 is 2.72 bits per heavy atom. The Morgan fingerprint density at radius 1 is 1.39 bits per heavy atom. The lowest BCUT2D eigenvalue weighted by Gasteiger charge is -2.23. The summed E-state index contributed by atoms with van der Waals surface area (Å²) < 4.78 is 5.41. The monoisotopic (exact) mass is 251 g/mol. The molecule has 4 heteroatoms. The highest BCUT2D eigenvalue weighted by Crippen LogP contribution is 2.17. The number of nitrogens with one attached hydrogen (secondary N) is 1. The molecule has 0 spiro atoms. The number of rotatable bonds is 8. The van der Waals surface area contributed by atoms with E-state index in [9.17, 15) is 0 Å². The van der Waals surface area contributed by atoms with Crippen LogP contribution in [0.5, 0.6) is 0 Å². The predicted molar refractivity (Wildman–Crippen MR) is 76.1 cm³/mol. The Bertz CT molecular complexity index is 355. The van der Waals surface area contributed by atoms with E-state index >= 15 is 0 Å². The van der Waals surface area contributed by atoms with E-state index in [1.807, 2.05) is 20.2 Å². The molecule has 1 N–H and O–H groups in total. The zero-order chi connectivity index (χ0) is 13.4. The third kappa shape index (κ3) is 4.27. The van der Waals surface area contributed by atoms with E-state index in [2.05, 4.69) is 35.1 Å². The smallest absolute Gasteiger partial charge is 0.131 e. The summed E-state index contributed by atoms with van der Waals surface area (Å²) in [7, 11) is 1.95. The van der Waals surface area contributed by atoms with Gasteiger partial charge in [-0.15, -0.1) is 0 Å². The molecule has 0 atom stereocenters. The Labute approximate surface area is 110 Å². The molecule has 18 heavy (non-hydrogen) atoms. The zero-order valence-corrected chi connectivity index (χ0v) is 12.0. The van der Waals surface area contributed by atoms with Crippen LogP contribution in [0.2, 0.25) is 0 Å². The number of hydrogen-bond acceptors (Lipinski definition) is 4. The van der Waals surface area contributed by atoms with Crippen molar-refractivity contribution in [3.05, 3.63) is 23.4 Å². The number of anilines is 1. The second-order valence-corrected chi connectivity index (χ2v) is 4.29. The number of ether oxygens (including phenoxy) is 1. The van der Waals surface area contributed by atoms with Crippen molar-refractivity contribution < 1.29 is 4.74 Å². The second-order valence-electron chi connectivity index (χ2n) is 4.29. The molecule has 0 aliphatic rings. The fourth-order valence-corrected chi connectivity index (χ4v) is 1.99. The highest BCUT2D eigenvalue weighted by molar-refractivity contribution is 5.47. The molecule has 1 aromatic heterocycles. The molecule has 102 valence electrons. The number of pyridine rings is 1. The fourth-order valence-electron chi connectivity index (χ4n) is 1.99. The van der Waals surface area contributed by atoms with E-state index in [1.54, 1.807) is 0 Å². The van der Waals surface area contributed by atoms with E-state index < -0.39 is 0 Å². The number of aryl methyl sites for hydroxylation is 1. The summed E-state index contributed by atoms with van der Waals surface area (Å²) in [5.41, 5.74) is 2.45. The number of hydrogen-bond donors (Lipinski definition) is 1. The second kappa shape index (κ2) is 8.06. The van der Waals surface area contributed by atoms with Gasteiger partial charge in [-0.05, 0) is 45.0 Å². The maximum atomic E-state index is 5.41.